The first-order chi connectivity index (χ1) is 7.04. The van der Waals surface area contributed by atoms with E-state index in [2.05, 4.69) is 21.2 Å². The van der Waals surface area contributed by atoms with E-state index in [0.29, 0.717) is 0 Å². The topological polar surface area (TPSA) is 55.1 Å². The number of hydrogen-bond acceptors (Lipinski definition) is 2. The minimum absolute atomic E-state index is 0. The van der Waals surface area contributed by atoms with E-state index < -0.39 is 6.04 Å². The minimum Gasteiger partial charge on any atom is -0.324 e. The Bertz CT molecular complexity index is 369. The molecule has 16 heavy (non-hydrogen) atoms. The Kier molecular flexibility index (Phi) is 6.64. The predicted octanol–water partition coefficient (Wildman–Crippen LogP) is 2.72. The number of carbonyl (C=O) groups excluding carboxylic acids is 1. The average molecular weight is 308 g/mol. The number of nitrogens with two attached hydrogens (primary N) is 1. The fourth-order valence-electron chi connectivity index (χ4n) is 1.22. The number of aryl methyl sites for hydroxylation is 1. The summed E-state index contributed by atoms with van der Waals surface area (Å²) in [5, 5.41) is 2.80. The molecule has 3 nitrogen and oxygen atoms in total. The van der Waals surface area contributed by atoms with Gasteiger partial charge >= 0.3 is 0 Å². The molecule has 5 heteroatoms. The third-order valence-electron chi connectivity index (χ3n) is 2.12. The number of halogens is 2. The third-order valence-corrected chi connectivity index (χ3v) is 2.61. The smallest absolute Gasteiger partial charge is 0.241 e. The second kappa shape index (κ2) is 6.89. The Labute approximate surface area is 110 Å². The van der Waals surface area contributed by atoms with Gasteiger partial charge < -0.3 is 11.1 Å². The van der Waals surface area contributed by atoms with E-state index in [-0.39, 0.29) is 18.3 Å². The van der Waals surface area contributed by atoms with Crippen molar-refractivity contribution in [3.05, 3.63) is 28.2 Å². The summed E-state index contributed by atoms with van der Waals surface area (Å²) < 4.78 is 1.01. The van der Waals surface area contributed by atoms with Gasteiger partial charge in [0.05, 0.1) is 6.04 Å². The highest BCUT2D eigenvalue weighted by Gasteiger charge is 2.09. The van der Waals surface area contributed by atoms with Crippen molar-refractivity contribution in [3.8, 4) is 0 Å². The van der Waals surface area contributed by atoms with Gasteiger partial charge in [0.15, 0.2) is 0 Å². The molecule has 0 unspecified atom stereocenters. The van der Waals surface area contributed by atoms with Gasteiger partial charge in [0.2, 0.25) is 5.91 Å². The highest BCUT2D eigenvalue weighted by atomic mass is 79.9. The van der Waals surface area contributed by atoms with Crippen LogP contribution in [-0.2, 0) is 11.2 Å². The molecule has 90 valence electrons. The standard InChI is InChI=1S/C11H15BrN2O.ClH/c1-3-8-6-9(12)4-5-10(8)14-11(15)7(2)13;/h4-7H,3,13H2,1-2H3,(H,14,15);1H/t7-;/m0./s1. The van der Waals surface area contributed by atoms with Crippen molar-refractivity contribution in [2.45, 2.75) is 26.3 Å². The largest absolute Gasteiger partial charge is 0.324 e. The molecular weight excluding hydrogens is 291 g/mol. The fraction of sp³-hybridized carbons (Fsp3) is 0.364. The van der Waals surface area contributed by atoms with Crippen LogP contribution in [0.4, 0.5) is 5.69 Å². The van der Waals surface area contributed by atoms with Crippen LogP contribution in [0, 0.1) is 0 Å². The zero-order valence-corrected chi connectivity index (χ0v) is 11.7. The van der Waals surface area contributed by atoms with Crippen molar-refractivity contribution in [1.82, 2.24) is 0 Å². The van der Waals surface area contributed by atoms with Gasteiger partial charge in [-0.1, -0.05) is 22.9 Å². The van der Waals surface area contributed by atoms with E-state index in [9.17, 15) is 4.79 Å². The van der Waals surface area contributed by atoms with Crippen LogP contribution in [0.2, 0.25) is 0 Å². The lowest BCUT2D eigenvalue weighted by molar-refractivity contribution is -0.117. The summed E-state index contributed by atoms with van der Waals surface area (Å²) in [4.78, 5) is 11.4. The van der Waals surface area contributed by atoms with E-state index in [1.165, 1.54) is 0 Å². The first kappa shape index (κ1) is 15.4. The minimum atomic E-state index is -0.488. The number of hydrogen-bond donors (Lipinski definition) is 2. The molecule has 0 saturated heterocycles. The molecule has 1 rings (SSSR count). The van der Waals surface area contributed by atoms with Crippen LogP contribution in [0.1, 0.15) is 19.4 Å². The molecule has 0 radical (unpaired) electrons. The Hall–Kier alpha value is -0.580. The molecule has 1 aromatic rings. The molecule has 0 aliphatic heterocycles. The van der Waals surface area contributed by atoms with Crippen molar-refractivity contribution in [1.29, 1.82) is 0 Å². The van der Waals surface area contributed by atoms with Gasteiger partial charge in [0.1, 0.15) is 0 Å². The van der Waals surface area contributed by atoms with Crippen LogP contribution in [0.3, 0.4) is 0 Å². The Morgan fingerprint density at radius 3 is 2.69 bits per heavy atom. The molecule has 0 aromatic heterocycles. The quantitative estimate of drug-likeness (QED) is 0.902. The van der Waals surface area contributed by atoms with E-state index in [0.717, 1.165) is 22.1 Å². The highest BCUT2D eigenvalue weighted by Crippen LogP contribution is 2.21. The van der Waals surface area contributed by atoms with Crippen molar-refractivity contribution in [3.63, 3.8) is 0 Å². The van der Waals surface area contributed by atoms with Gasteiger partial charge in [-0.05, 0) is 37.1 Å². The maximum absolute atomic E-state index is 11.4. The summed E-state index contributed by atoms with van der Waals surface area (Å²) in [6, 6.07) is 5.29. The number of carbonyl (C=O) groups is 1. The maximum Gasteiger partial charge on any atom is 0.241 e. The zero-order chi connectivity index (χ0) is 11.4. The molecule has 0 heterocycles. The molecule has 1 aromatic carbocycles. The lowest BCUT2D eigenvalue weighted by Gasteiger charge is -2.11. The normalized spacial score (nSPS) is 11.5. The molecule has 1 amide bonds. The Balaban J connectivity index is 0.00000225. The second-order valence-electron chi connectivity index (χ2n) is 3.43. The lowest BCUT2D eigenvalue weighted by Crippen LogP contribution is -2.32. The van der Waals surface area contributed by atoms with E-state index >= 15 is 0 Å². The van der Waals surface area contributed by atoms with Crippen LogP contribution >= 0.6 is 28.3 Å². The molecule has 0 fully saturated rings. The van der Waals surface area contributed by atoms with Gasteiger partial charge in [0.25, 0.3) is 0 Å². The van der Waals surface area contributed by atoms with Gasteiger partial charge in [-0.3, -0.25) is 4.79 Å². The van der Waals surface area contributed by atoms with E-state index in [1.807, 2.05) is 25.1 Å². The second-order valence-corrected chi connectivity index (χ2v) is 4.35. The Morgan fingerprint density at radius 1 is 1.56 bits per heavy atom. The number of anilines is 1. The third kappa shape index (κ3) is 4.12. The van der Waals surface area contributed by atoms with Crippen LogP contribution in [-0.4, -0.2) is 11.9 Å². The van der Waals surface area contributed by atoms with E-state index in [1.54, 1.807) is 6.92 Å². The first-order valence-corrected chi connectivity index (χ1v) is 5.68. The summed E-state index contributed by atoms with van der Waals surface area (Å²) in [6.45, 7) is 3.71. The van der Waals surface area contributed by atoms with Crippen molar-refractivity contribution in [2.75, 3.05) is 5.32 Å². The molecule has 3 N–H and O–H groups in total. The lowest BCUT2D eigenvalue weighted by atomic mass is 10.1. The predicted molar refractivity (Wildman–Crippen MR) is 73.0 cm³/mol. The number of amides is 1. The number of nitrogens with one attached hydrogen (secondary N) is 1. The summed E-state index contributed by atoms with van der Waals surface area (Å²) in [5.74, 6) is -0.160. The summed E-state index contributed by atoms with van der Waals surface area (Å²) in [6.07, 6.45) is 0.869. The van der Waals surface area contributed by atoms with Crippen LogP contribution in [0.25, 0.3) is 0 Å². The molecule has 0 saturated carbocycles. The molecular formula is C11H16BrClN2O. The van der Waals surface area contributed by atoms with Gasteiger partial charge in [-0.15, -0.1) is 12.4 Å². The molecule has 0 bridgehead atoms. The summed E-state index contributed by atoms with van der Waals surface area (Å²) in [5.41, 5.74) is 7.42. The van der Waals surface area contributed by atoms with Crippen molar-refractivity contribution >= 4 is 39.9 Å². The molecule has 1 atom stereocenters. The average Bonchev–Trinajstić information content (AvgIpc) is 2.20. The maximum atomic E-state index is 11.4. The monoisotopic (exact) mass is 306 g/mol. The number of rotatable bonds is 3. The highest BCUT2D eigenvalue weighted by molar-refractivity contribution is 9.10. The van der Waals surface area contributed by atoms with Gasteiger partial charge in [-0.25, -0.2) is 0 Å². The van der Waals surface area contributed by atoms with Crippen molar-refractivity contribution < 1.29 is 4.79 Å². The number of benzene rings is 1. The van der Waals surface area contributed by atoms with Crippen LogP contribution < -0.4 is 11.1 Å². The zero-order valence-electron chi connectivity index (χ0n) is 9.29. The summed E-state index contributed by atoms with van der Waals surface area (Å²) in [7, 11) is 0. The summed E-state index contributed by atoms with van der Waals surface area (Å²) >= 11 is 3.39. The van der Waals surface area contributed by atoms with Crippen LogP contribution in [0.15, 0.2) is 22.7 Å². The van der Waals surface area contributed by atoms with Gasteiger partial charge in [-0.2, -0.15) is 0 Å². The fourth-order valence-corrected chi connectivity index (χ4v) is 1.63. The van der Waals surface area contributed by atoms with Crippen LogP contribution in [0.5, 0.6) is 0 Å². The first-order valence-electron chi connectivity index (χ1n) is 4.89. The molecule has 0 spiro atoms. The van der Waals surface area contributed by atoms with E-state index in [4.69, 9.17) is 5.73 Å². The molecule has 0 aliphatic rings. The van der Waals surface area contributed by atoms with Crippen molar-refractivity contribution in [2.24, 2.45) is 5.73 Å². The Morgan fingerprint density at radius 2 is 2.19 bits per heavy atom. The molecule has 0 aliphatic carbocycles. The van der Waals surface area contributed by atoms with Gasteiger partial charge in [0, 0.05) is 10.2 Å². The SMILES string of the molecule is CCc1cc(Br)ccc1NC(=O)[C@H](C)N.Cl.